The number of allylic oxidation sites excluding steroid dienone is 8. The van der Waals surface area contributed by atoms with Crippen LogP contribution >= 0.6 is 0 Å². The Morgan fingerprint density at radius 3 is 0.728 bits per heavy atom. The van der Waals surface area contributed by atoms with Crippen LogP contribution in [0.4, 0.5) is 0 Å². The second-order valence-electron chi connectivity index (χ2n) is 24.5. The van der Waals surface area contributed by atoms with E-state index in [9.17, 15) is 14.4 Å². The van der Waals surface area contributed by atoms with Crippen LogP contribution in [0.25, 0.3) is 0 Å². The molecule has 1 unspecified atom stereocenters. The van der Waals surface area contributed by atoms with E-state index in [2.05, 4.69) is 69.4 Å². The van der Waals surface area contributed by atoms with E-state index < -0.39 is 6.10 Å². The molecule has 1 atom stereocenters. The maximum absolute atomic E-state index is 12.9. The van der Waals surface area contributed by atoms with Gasteiger partial charge in [0.15, 0.2) is 6.10 Å². The minimum atomic E-state index is -0.778. The van der Waals surface area contributed by atoms with Crippen molar-refractivity contribution in [3.05, 3.63) is 48.6 Å². The lowest BCUT2D eigenvalue weighted by molar-refractivity contribution is -0.167. The molecule has 0 aliphatic rings. The van der Waals surface area contributed by atoms with Crippen molar-refractivity contribution in [2.24, 2.45) is 0 Å². The van der Waals surface area contributed by atoms with Gasteiger partial charge in [-0.25, -0.2) is 0 Å². The van der Waals surface area contributed by atoms with Gasteiger partial charge in [0.2, 0.25) is 0 Å². The molecule has 0 spiro atoms. The fraction of sp³-hybridized carbons (Fsp3) is 0.853. The molecule has 474 valence electrons. The number of hydrogen-bond acceptors (Lipinski definition) is 6. The first-order valence-corrected chi connectivity index (χ1v) is 36.1. The van der Waals surface area contributed by atoms with Crippen LogP contribution in [0.2, 0.25) is 0 Å². The molecule has 0 radical (unpaired) electrons. The zero-order valence-electron chi connectivity index (χ0n) is 54.6. The van der Waals surface area contributed by atoms with E-state index in [0.29, 0.717) is 19.3 Å². The molecule has 6 heteroatoms. The average molecular weight is 1140 g/mol. The van der Waals surface area contributed by atoms with Gasteiger partial charge in [-0.15, -0.1) is 0 Å². The second-order valence-corrected chi connectivity index (χ2v) is 24.5. The fourth-order valence-corrected chi connectivity index (χ4v) is 10.9. The van der Waals surface area contributed by atoms with Crippen molar-refractivity contribution >= 4 is 17.9 Å². The number of esters is 3. The summed E-state index contributed by atoms with van der Waals surface area (Å²) in [5.74, 6) is -0.860. The highest BCUT2D eigenvalue weighted by Gasteiger charge is 2.19. The molecule has 0 heterocycles. The zero-order chi connectivity index (χ0) is 58.5. The number of carbonyl (C=O) groups is 3. The van der Waals surface area contributed by atoms with Crippen molar-refractivity contribution in [2.45, 2.75) is 399 Å². The summed E-state index contributed by atoms with van der Waals surface area (Å²) >= 11 is 0. The van der Waals surface area contributed by atoms with Crippen LogP contribution in [-0.4, -0.2) is 37.2 Å². The van der Waals surface area contributed by atoms with Gasteiger partial charge in [0, 0.05) is 19.3 Å². The summed E-state index contributed by atoms with van der Waals surface area (Å²) in [6.07, 6.45) is 88.7. The predicted molar refractivity (Wildman–Crippen MR) is 353 cm³/mol. The van der Waals surface area contributed by atoms with Crippen molar-refractivity contribution in [3.63, 3.8) is 0 Å². The maximum Gasteiger partial charge on any atom is 0.306 e. The third-order valence-electron chi connectivity index (χ3n) is 16.3. The molecular weight excluding hydrogens is 997 g/mol. The van der Waals surface area contributed by atoms with Gasteiger partial charge >= 0.3 is 17.9 Å². The molecule has 0 bridgehead atoms. The SMILES string of the molecule is CCCCC/C=C\C/C=C\C/C=C\CCCCCCCCC(=O)OC(COC(=O)CCCCCCCCCCCCCCC)COC(=O)CCCCCCCCCCCCCCCCCCCCC/C=C\CCCCCCCCCC. The van der Waals surface area contributed by atoms with E-state index in [-0.39, 0.29) is 31.1 Å². The van der Waals surface area contributed by atoms with Gasteiger partial charge in [0.05, 0.1) is 0 Å². The molecule has 0 fully saturated rings. The quantitative estimate of drug-likeness (QED) is 0.0261. The smallest absolute Gasteiger partial charge is 0.306 e. The van der Waals surface area contributed by atoms with Crippen LogP contribution in [0.3, 0.4) is 0 Å². The summed E-state index contributed by atoms with van der Waals surface area (Å²) in [5, 5.41) is 0. The normalized spacial score (nSPS) is 12.3. The number of unbranched alkanes of at least 4 members (excludes halogenated alkanes) is 48. The van der Waals surface area contributed by atoms with Gasteiger partial charge in [0.25, 0.3) is 0 Å². The van der Waals surface area contributed by atoms with E-state index >= 15 is 0 Å². The summed E-state index contributed by atoms with van der Waals surface area (Å²) in [5.41, 5.74) is 0. The van der Waals surface area contributed by atoms with Crippen molar-refractivity contribution in [1.29, 1.82) is 0 Å². The highest BCUT2D eigenvalue weighted by molar-refractivity contribution is 5.71. The van der Waals surface area contributed by atoms with Crippen molar-refractivity contribution in [2.75, 3.05) is 13.2 Å². The van der Waals surface area contributed by atoms with Crippen LogP contribution in [0.15, 0.2) is 48.6 Å². The molecule has 0 aromatic rings. The molecule has 0 aromatic carbocycles. The third kappa shape index (κ3) is 68.0. The largest absolute Gasteiger partial charge is 0.462 e. The standard InChI is InChI=1S/C75H138O6/c1-4-7-10-13-16-19-22-25-27-29-31-32-33-34-35-36-37-38-39-40-41-42-44-45-47-50-53-56-59-62-65-68-74(77)80-71-72(70-79-73(76)67-64-61-58-55-52-49-24-21-18-15-12-9-6-3)81-75(78)69-66-63-60-57-54-51-48-46-43-30-28-26-23-20-17-14-11-8-5-2/h17,20,26,28-29,31,43,46,72H,4-16,18-19,21-25,27,30,32-42,44-45,47-71H2,1-3H3/b20-17-,28-26-,31-29-,46-43-. The van der Waals surface area contributed by atoms with Crippen LogP contribution in [0.1, 0.15) is 393 Å². The molecule has 0 aliphatic heterocycles. The molecule has 0 rings (SSSR count). The van der Waals surface area contributed by atoms with E-state index in [4.69, 9.17) is 14.2 Å². The molecular formula is C75H138O6. The van der Waals surface area contributed by atoms with Gasteiger partial charge in [-0.05, 0) is 83.5 Å². The molecule has 81 heavy (non-hydrogen) atoms. The molecule has 0 amide bonds. The summed E-state index contributed by atoms with van der Waals surface area (Å²) in [6, 6.07) is 0. The zero-order valence-corrected chi connectivity index (χ0v) is 54.6. The first-order chi connectivity index (χ1) is 40.0. The average Bonchev–Trinajstić information content (AvgIpc) is 3.46. The van der Waals surface area contributed by atoms with Crippen LogP contribution in [-0.2, 0) is 28.6 Å². The van der Waals surface area contributed by atoms with Crippen LogP contribution in [0.5, 0.6) is 0 Å². The fourth-order valence-electron chi connectivity index (χ4n) is 10.9. The van der Waals surface area contributed by atoms with E-state index in [1.165, 1.54) is 276 Å². The Labute approximate surface area is 505 Å². The van der Waals surface area contributed by atoms with E-state index in [0.717, 1.165) is 77.0 Å². The molecule has 0 N–H and O–H groups in total. The first-order valence-electron chi connectivity index (χ1n) is 36.1. The summed E-state index contributed by atoms with van der Waals surface area (Å²) < 4.78 is 17.0. The van der Waals surface area contributed by atoms with Gasteiger partial charge in [0.1, 0.15) is 13.2 Å². The Morgan fingerprint density at radius 1 is 0.247 bits per heavy atom. The van der Waals surface area contributed by atoms with Crippen LogP contribution in [0, 0.1) is 0 Å². The molecule has 6 nitrogen and oxygen atoms in total. The van der Waals surface area contributed by atoms with Gasteiger partial charge in [-0.2, -0.15) is 0 Å². The Balaban J connectivity index is 4.17. The summed E-state index contributed by atoms with van der Waals surface area (Å²) in [7, 11) is 0. The van der Waals surface area contributed by atoms with E-state index in [1.807, 2.05) is 0 Å². The summed E-state index contributed by atoms with van der Waals surface area (Å²) in [4.78, 5) is 38.4. The lowest BCUT2D eigenvalue weighted by atomic mass is 10.0. The molecule has 0 saturated heterocycles. The number of carbonyl (C=O) groups excluding carboxylic acids is 3. The monoisotopic (exact) mass is 1140 g/mol. The second kappa shape index (κ2) is 69.9. The first kappa shape index (κ1) is 78.4. The van der Waals surface area contributed by atoms with Crippen molar-refractivity contribution in [1.82, 2.24) is 0 Å². The molecule has 0 saturated carbocycles. The van der Waals surface area contributed by atoms with Gasteiger partial charge in [-0.1, -0.05) is 339 Å². The lowest BCUT2D eigenvalue weighted by Gasteiger charge is -2.18. The minimum absolute atomic E-state index is 0.0735. The number of hydrogen-bond donors (Lipinski definition) is 0. The number of rotatable bonds is 67. The van der Waals surface area contributed by atoms with Crippen LogP contribution < -0.4 is 0 Å². The summed E-state index contributed by atoms with van der Waals surface area (Å²) in [6.45, 7) is 6.66. The van der Waals surface area contributed by atoms with Gasteiger partial charge < -0.3 is 14.2 Å². The van der Waals surface area contributed by atoms with Crippen molar-refractivity contribution in [3.8, 4) is 0 Å². The molecule has 0 aliphatic carbocycles. The molecule has 0 aromatic heterocycles. The van der Waals surface area contributed by atoms with Crippen molar-refractivity contribution < 1.29 is 28.6 Å². The third-order valence-corrected chi connectivity index (χ3v) is 16.3. The maximum atomic E-state index is 12.9. The lowest BCUT2D eigenvalue weighted by Crippen LogP contribution is -2.30. The Kier molecular flexibility index (Phi) is 67.6. The predicted octanol–water partition coefficient (Wildman–Crippen LogP) is 24.9. The topological polar surface area (TPSA) is 78.9 Å². The Bertz CT molecular complexity index is 1400. The minimum Gasteiger partial charge on any atom is -0.462 e. The van der Waals surface area contributed by atoms with Gasteiger partial charge in [-0.3, -0.25) is 14.4 Å². The Hall–Kier alpha value is -2.63. The highest BCUT2D eigenvalue weighted by atomic mass is 16.6. The number of ether oxygens (including phenoxy) is 3. The Morgan fingerprint density at radius 2 is 0.444 bits per heavy atom. The highest BCUT2D eigenvalue weighted by Crippen LogP contribution is 2.18. The van der Waals surface area contributed by atoms with E-state index in [1.54, 1.807) is 0 Å².